The fourth-order valence-electron chi connectivity index (χ4n) is 3.90. The van der Waals surface area contributed by atoms with Crippen LogP contribution in [0.25, 0.3) is 0 Å². The molecule has 3 aliphatic rings. The number of aliphatic carboxylic acids is 1. The van der Waals surface area contributed by atoms with Crippen LogP contribution < -0.4 is 5.32 Å². The second kappa shape index (κ2) is 9.34. The minimum Gasteiger partial charge on any atom is -0.475 e. The molecule has 3 atom stereocenters. The Hall–Kier alpha value is -2.13. The van der Waals surface area contributed by atoms with Gasteiger partial charge in [0, 0.05) is 19.1 Å². The number of benzene rings is 1. The molecule has 0 radical (unpaired) electrons. The summed E-state index contributed by atoms with van der Waals surface area (Å²) in [6.45, 7) is 5.17. The van der Waals surface area contributed by atoms with Gasteiger partial charge in [-0.3, -0.25) is 9.69 Å². The van der Waals surface area contributed by atoms with Crippen LogP contribution in [0.1, 0.15) is 36.8 Å². The lowest BCUT2D eigenvalue weighted by Gasteiger charge is -2.34. The van der Waals surface area contributed by atoms with Gasteiger partial charge < -0.3 is 15.2 Å². The van der Waals surface area contributed by atoms with E-state index in [0.717, 1.165) is 45.3 Å². The first-order valence-electron chi connectivity index (χ1n) is 10.2. The molecule has 1 amide bonds. The van der Waals surface area contributed by atoms with Crippen LogP contribution in [-0.2, 0) is 20.9 Å². The zero-order valence-corrected chi connectivity index (χ0v) is 16.8. The average molecular weight is 428 g/mol. The maximum atomic E-state index is 12.2. The van der Waals surface area contributed by atoms with Crippen LogP contribution in [0.3, 0.4) is 0 Å². The molecule has 3 fully saturated rings. The first-order chi connectivity index (χ1) is 14.1. The number of rotatable bonds is 4. The van der Waals surface area contributed by atoms with Crippen LogP contribution in [0.4, 0.5) is 13.2 Å². The number of aryl methyl sites for hydroxylation is 1. The number of carbonyl (C=O) groups is 2. The number of amides is 1. The molecule has 0 bridgehead atoms. The van der Waals surface area contributed by atoms with E-state index in [1.807, 2.05) is 0 Å². The van der Waals surface area contributed by atoms with Crippen molar-refractivity contribution in [2.45, 2.75) is 63.6 Å². The Morgan fingerprint density at radius 1 is 1.27 bits per heavy atom. The molecule has 1 aromatic rings. The summed E-state index contributed by atoms with van der Waals surface area (Å²) < 4.78 is 37.8. The number of piperidine rings is 1. The molecule has 30 heavy (non-hydrogen) atoms. The third-order valence-corrected chi connectivity index (χ3v) is 5.58. The van der Waals surface area contributed by atoms with Gasteiger partial charge in [0.1, 0.15) is 6.10 Å². The Labute approximate surface area is 173 Å². The summed E-state index contributed by atoms with van der Waals surface area (Å²) in [7, 11) is 0. The van der Waals surface area contributed by atoms with Gasteiger partial charge >= 0.3 is 12.1 Å². The topological polar surface area (TPSA) is 78.9 Å². The molecule has 2 saturated heterocycles. The molecule has 0 spiro atoms. The van der Waals surface area contributed by atoms with Crippen LogP contribution in [0, 0.1) is 12.8 Å². The van der Waals surface area contributed by atoms with E-state index in [4.69, 9.17) is 14.6 Å². The molecule has 0 aromatic heterocycles. The highest BCUT2D eigenvalue weighted by molar-refractivity contribution is 5.81. The van der Waals surface area contributed by atoms with Crippen LogP contribution in [0.2, 0.25) is 0 Å². The molecule has 9 heteroatoms. The lowest BCUT2D eigenvalue weighted by atomic mass is 9.91. The Morgan fingerprint density at radius 3 is 2.57 bits per heavy atom. The highest BCUT2D eigenvalue weighted by atomic mass is 19.4. The molecule has 4 rings (SSSR count). The molecule has 1 aromatic carbocycles. The number of nitrogens with one attached hydrogen (secondary N) is 1. The third kappa shape index (κ3) is 6.43. The van der Waals surface area contributed by atoms with Crippen LogP contribution in [-0.4, -0.2) is 59.4 Å². The molecular weight excluding hydrogens is 401 g/mol. The van der Waals surface area contributed by atoms with Crippen molar-refractivity contribution in [1.29, 1.82) is 0 Å². The van der Waals surface area contributed by atoms with E-state index in [-0.39, 0.29) is 18.1 Å². The van der Waals surface area contributed by atoms with Gasteiger partial charge in [0.05, 0.1) is 6.10 Å². The maximum Gasteiger partial charge on any atom is 0.490 e. The van der Waals surface area contributed by atoms with Crippen molar-refractivity contribution in [3.8, 4) is 0 Å². The number of nitrogens with zero attached hydrogens (tertiary/aromatic N) is 1. The number of ether oxygens (including phenoxy) is 1. The molecule has 2 heterocycles. The highest BCUT2D eigenvalue weighted by Gasteiger charge is 2.42. The SMILES string of the molecule is Cc1cccc(CN2CC[C@H]3C[C@H](C(=O)NC4CC4)O[C@@H]3C2)c1.O=C(O)C(F)(F)F. The Balaban J connectivity index is 0.000000318. The van der Waals surface area contributed by atoms with E-state index in [0.29, 0.717) is 12.0 Å². The number of hydrogen-bond acceptors (Lipinski definition) is 4. The molecular formula is C21H27F3N2O4. The number of likely N-dealkylation sites (tertiary alicyclic amines) is 1. The smallest absolute Gasteiger partial charge is 0.475 e. The fourth-order valence-corrected chi connectivity index (χ4v) is 3.90. The molecule has 2 N–H and O–H groups in total. The van der Waals surface area contributed by atoms with E-state index >= 15 is 0 Å². The van der Waals surface area contributed by atoms with Gasteiger partial charge in [0.2, 0.25) is 5.91 Å². The number of fused-ring (bicyclic) bond motifs is 1. The molecule has 6 nitrogen and oxygen atoms in total. The number of carbonyl (C=O) groups excluding carboxylic acids is 1. The Kier molecular flexibility index (Phi) is 7.02. The summed E-state index contributed by atoms with van der Waals surface area (Å²) in [6.07, 6.45) is -0.760. The zero-order valence-electron chi connectivity index (χ0n) is 16.8. The van der Waals surface area contributed by atoms with E-state index in [2.05, 4.69) is 41.4 Å². The molecule has 0 unspecified atom stereocenters. The van der Waals surface area contributed by atoms with Gasteiger partial charge in [-0.1, -0.05) is 29.8 Å². The van der Waals surface area contributed by atoms with E-state index in [1.165, 1.54) is 11.1 Å². The average Bonchev–Trinajstić information content (AvgIpc) is 3.37. The number of hydrogen-bond donors (Lipinski definition) is 2. The molecule has 2 aliphatic heterocycles. The Morgan fingerprint density at radius 2 is 1.97 bits per heavy atom. The van der Waals surface area contributed by atoms with Gasteiger partial charge in [0.25, 0.3) is 0 Å². The number of carboxylic acids is 1. The van der Waals surface area contributed by atoms with Gasteiger partial charge in [-0.15, -0.1) is 0 Å². The van der Waals surface area contributed by atoms with Gasteiger partial charge in [0.15, 0.2) is 0 Å². The summed E-state index contributed by atoms with van der Waals surface area (Å²) in [5, 5.41) is 10.2. The standard InChI is InChI=1S/C19H26N2O2.C2HF3O2/c1-13-3-2-4-14(9-13)11-21-8-7-15-10-17(23-18(15)12-21)19(22)20-16-5-6-16;3-2(4,5)1(6)7/h2-4,9,15-18H,5-8,10-12H2,1H3,(H,20,22);(H,6,7)/t15-,17+,18+;/m0./s1. The summed E-state index contributed by atoms with van der Waals surface area (Å²) in [5.74, 6) is -2.08. The normalized spacial score (nSPS) is 26.3. The van der Waals surface area contributed by atoms with Crippen molar-refractivity contribution in [2.24, 2.45) is 5.92 Å². The third-order valence-electron chi connectivity index (χ3n) is 5.58. The maximum absolute atomic E-state index is 12.2. The minimum atomic E-state index is -5.08. The largest absolute Gasteiger partial charge is 0.490 e. The van der Waals surface area contributed by atoms with Crippen LogP contribution in [0.5, 0.6) is 0 Å². The van der Waals surface area contributed by atoms with Crippen LogP contribution >= 0.6 is 0 Å². The van der Waals surface area contributed by atoms with Gasteiger partial charge in [-0.05, 0) is 50.6 Å². The van der Waals surface area contributed by atoms with Gasteiger partial charge in [-0.25, -0.2) is 4.79 Å². The van der Waals surface area contributed by atoms with Crippen molar-refractivity contribution in [2.75, 3.05) is 13.1 Å². The zero-order chi connectivity index (χ0) is 21.9. The summed E-state index contributed by atoms with van der Waals surface area (Å²) >= 11 is 0. The fraction of sp³-hybridized carbons (Fsp3) is 0.619. The van der Waals surface area contributed by atoms with E-state index in [9.17, 15) is 18.0 Å². The van der Waals surface area contributed by atoms with Crippen molar-refractivity contribution < 1.29 is 32.6 Å². The number of alkyl halides is 3. The molecule has 166 valence electrons. The number of halogens is 3. The van der Waals surface area contributed by atoms with Crippen molar-refractivity contribution in [3.63, 3.8) is 0 Å². The van der Waals surface area contributed by atoms with E-state index in [1.54, 1.807) is 0 Å². The second-order valence-corrected chi connectivity index (χ2v) is 8.26. The number of carboxylic acid groups (broad SMARTS) is 1. The molecule has 1 saturated carbocycles. The lowest BCUT2D eigenvalue weighted by Crippen LogP contribution is -2.42. The first kappa shape index (κ1) is 22.6. The predicted octanol–water partition coefficient (Wildman–Crippen LogP) is 2.89. The quantitative estimate of drug-likeness (QED) is 0.771. The predicted molar refractivity (Wildman–Crippen MR) is 103 cm³/mol. The minimum absolute atomic E-state index is 0.118. The Bertz CT molecular complexity index is 767. The van der Waals surface area contributed by atoms with E-state index < -0.39 is 12.1 Å². The lowest BCUT2D eigenvalue weighted by molar-refractivity contribution is -0.192. The van der Waals surface area contributed by atoms with Crippen molar-refractivity contribution in [3.05, 3.63) is 35.4 Å². The summed E-state index contributed by atoms with van der Waals surface area (Å²) in [4.78, 5) is 23.6. The van der Waals surface area contributed by atoms with Crippen molar-refractivity contribution in [1.82, 2.24) is 10.2 Å². The van der Waals surface area contributed by atoms with Crippen molar-refractivity contribution >= 4 is 11.9 Å². The van der Waals surface area contributed by atoms with Crippen LogP contribution in [0.15, 0.2) is 24.3 Å². The first-order valence-corrected chi connectivity index (χ1v) is 10.2. The molecule has 1 aliphatic carbocycles. The highest BCUT2D eigenvalue weighted by Crippen LogP contribution is 2.34. The van der Waals surface area contributed by atoms with Gasteiger partial charge in [-0.2, -0.15) is 13.2 Å². The summed E-state index contributed by atoms with van der Waals surface area (Å²) in [6, 6.07) is 9.14. The monoisotopic (exact) mass is 428 g/mol. The second-order valence-electron chi connectivity index (χ2n) is 8.26. The summed E-state index contributed by atoms with van der Waals surface area (Å²) in [5.41, 5.74) is 2.68.